The summed E-state index contributed by atoms with van der Waals surface area (Å²) in [7, 11) is 1.68. The van der Waals surface area contributed by atoms with Gasteiger partial charge in [-0.1, -0.05) is 17.9 Å². The fraction of sp³-hybridized carbons (Fsp3) is 0.523. The van der Waals surface area contributed by atoms with Crippen molar-refractivity contribution < 1.29 is 23.9 Å². The van der Waals surface area contributed by atoms with E-state index in [9.17, 15) is 19.2 Å². The molecular weight excluding hydrogens is 779 g/mol. The number of carbonyl (C=O) groups is 3. The first-order valence-corrected chi connectivity index (χ1v) is 21.6. The second-order valence-corrected chi connectivity index (χ2v) is 17.3. The number of aromatic nitrogens is 7. The first-order valence-electron chi connectivity index (χ1n) is 21.6. The van der Waals surface area contributed by atoms with E-state index in [2.05, 4.69) is 37.4 Å². The summed E-state index contributed by atoms with van der Waals surface area (Å²) in [5.41, 5.74) is 4.12. The van der Waals surface area contributed by atoms with E-state index in [4.69, 9.17) is 19.6 Å². The Bertz CT molecular complexity index is 2630. The summed E-state index contributed by atoms with van der Waals surface area (Å²) in [6.07, 6.45) is 13.6. The van der Waals surface area contributed by atoms with Crippen LogP contribution in [0.1, 0.15) is 91.5 Å². The number of morpholine rings is 1. The zero-order valence-corrected chi connectivity index (χ0v) is 34.6. The molecule has 4 aliphatic heterocycles. The molecule has 5 aliphatic rings. The molecule has 4 saturated heterocycles. The molecule has 4 aromatic heterocycles. The summed E-state index contributed by atoms with van der Waals surface area (Å²) in [6, 6.07) is 7.36. The molecule has 3 atom stereocenters. The molecule has 1 aliphatic carbocycles. The average molecular weight is 830 g/mol. The van der Waals surface area contributed by atoms with E-state index in [0.717, 1.165) is 82.6 Å². The SMILES string of the molecule is Cc1nn(C2CCC(CN3CCC(OCC#Cc4cccc5c4n(C)c(=O)n5C4CCC(=O)NC4=O)CC3)CC2)cc1NC(=O)c1cnn2ccc(N3C[C@H]4C[C@@H]3CO4)nc12. The number of amides is 3. The number of nitrogens with zero attached hydrogens (tertiary/aromatic N) is 9. The van der Waals surface area contributed by atoms with Crippen LogP contribution in [0, 0.1) is 24.7 Å². The number of imide groups is 1. The average Bonchev–Trinajstić information content (AvgIpc) is 4.11. The third-order valence-electron chi connectivity index (χ3n) is 13.4. The zero-order valence-electron chi connectivity index (χ0n) is 34.6. The highest BCUT2D eigenvalue weighted by Crippen LogP contribution is 2.35. The van der Waals surface area contributed by atoms with Crippen LogP contribution >= 0.6 is 0 Å². The maximum absolute atomic E-state index is 13.6. The quantitative estimate of drug-likeness (QED) is 0.165. The maximum Gasteiger partial charge on any atom is 0.329 e. The number of carbonyl (C=O) groups excluding carboxylic acids is 3. The van der Waals surface area contributed by atoms with E-state index >= 15 is 0 Å². The highest BCUT2D eigenvalue weighted by molar-refractivity contribution is 6.08. The van der Waals surface area contributed by atoms with Crippen molar-refractivity contribution in [3.63, 3.8) is 0 Å². The third kappa shape index (κ3) is 7.61. The van der Waals surface area contributed by atoms with E-state index < -0.39 is 11.9 Å². The number of hydrogen-bond acceptors (Lipinski definition) is 11. The minimum Gasteiger partial charge on any atom is -0.374 e. The van der Waals surface area contributed by atoms with Crippen molar-refractivity contribution in [3.05, 3.63) is 70.2 Å². The number of imidazole rings is 1. The van der Waals surface area contributed by atoms with Gasteiger partial charge in [0.1, 0.15) is 24.0 Å². The number of ether oxygens (including phenoxy) is 2. The van der Waals surface area contributed by atoms with Crippen molar-refractivity contribution in [3.8, 4) is 11.8 Å². The van der Waals surface area contributed by atoms with E-state index in [1.165, 1.54) is 9.13 Å². The Kier molecular flexibility index (Phi) is 10.5. The van der Waals surface area contributed by atoms with Crippen LogP contribution in [0.3, 0.4) is 0 Å². The molecule has 10 rings (SSSR count). The highest BCUT2D eigenvalue weighted by atomic mass is 16.5. The van der Waals surface area contributed by atoms with Gasteiger partial charge in [-0.05, 0) is 82.4 Å². The summed E-state index contributed by atoms with van der Waals surface area (Å²) in [4.78, 5) is 60.8. The van der Waals surface area contributed by atoms with Gasteiger partial charge in [-0.3, -0.25) is 33.5 Å². The second kappa shape index (κ2) is 16.2. The number of likely N-dealkylation sites (tertiary alicyclic amines) is 1. The second-order valence-electron chi connectivity index (χ2n) is 17.3. The van der Waals surface area contributed by atoms with Gasteiger partial charge in [0.05, 0.1) is 65.1 Å². The number of piperidine rings is 2. The number of hydrogen-bond donors (Lipinski definition) is 2. The normalized spacial score (nSPS) is 24.7. The summed E-state index contributed by atoms with van der Waals surface area (Å²) in [6.45, 7) is 6.83. The first kappa shape index (κ1) is 39.3. The Hall–Kier alpha value is -5.83. The summed E-state index contributed by atoms with van der Waals surface area (Å²) in [5.74, 6) is 6.81. The number of anilines is 2. The zero-order chi connectivity index (χ0) is 41.8. The predicted molar refractivity (Wildman–Crippen MR) is 225 cm³/mol. The molecule has 5 fully saturated rings. The lowest BCUT2D eigenvalue weighted by Crippen LogP contribution is -2.44. The lowest BCUT2D eigenvalue weighted by Gasteiger charge is -2.36. The molecular formula is C44H51N11O6. The number of nitrogens with one attached hydrogen (secondary N) is 2. The molecule has 2 bridgehead atoms. The molecule has 318 valence electrons. The Balaban J connectivity index is 0.683. The molecule has 0 radical (unpaired) electrons. The molecule has 61 heavy (non-hydrogen) atoms. The molecule has 2 N–H and O–H groups in total. The molecule has 17 heteroatoms. The fourth-order valence-corrected chi connectivity index (χ4v) is 10.1. The number of para-hydroxylation sites is 1. The molecule has 1 saturated carbocycles. The Morgan fingerprint density at radius 1 is 1.05 bits per heavy atom. The number of rotatable bonds is 9. The van der Waals surface area contributed by atoms with Crippen LogP contribution in [-0.2, 0) is 26.1 Å². The van der Waals surface area contributed by atoms with Gasteiger partial charge in [-0.2, -0.15) is 10.2 Å². The van der Waals surface area contributed by atoms with E-state index in [0.29, 0.717) is 64.7 Å². The molecule has 3 amide bonds. The maximum atomic E-state index is 13.6. The van der Waals surface area contributed by atoms with Gasteiger partial charge in [-0.25, -0.2) is 14.3 Å². The largest absolute Gasteiger partial charge is 0.374 e. The van der Waals surface area contributed by atoms with Crippen LogP contribution in [0.4, 0.5) is 11.5 Å². The van der Waals surface area contributed by atoms with Gasteiger partial charge in [0.15, 0.2) is 5.65 Å². The van der Waals surface area contributed by atoms with Gasteiger partial charge < -0.3 is 24.6 Å². The van der Waals surface area contributed by atoms with Gasteiger partial charge >= 0.3 is 5.69 Å². The number of benzene rings is 1. The van der Waals surface area contributed by atoms with Crippen LogP contribution in [0.15, 0.2) is 47.7 Å². The molecule has 0 spiro atoms. The first-order chi connectivity index (χ1) is 29.7. The summed E-state index contributed by atoms with van der Waals surface area (Å²) < 4.78 is 18.7. The van der Waals surface area contributed by atoms with E-state index in [1.807, 2.05) is 48.3 Å². The van der Waals surface area contributed by atoms with Crippen LogP contribution in [0.25, 0.3) is 16.7 Å². The lowest BCUT2D eigenvalue weighted by molar-refractivity contribution is -0.135. The minimum absolute atomic E-state index is 0.148. The number of aryl methyl sites for hydroxylation is 2. The summed E-state index contributed by atoms with van der Waals surface area (Å²) >= 11 is 0. The van der Waals surface area contributed by atoms with Crippen molar-refractivity contribution in [2.45, 2.75) is 95.0 Å². The Morgan fingerprint density at radius 2 is 1.89 bits per heavy atom. The van der Waals surface area contributed by atoms with Crippen molar-refractivity contribution in [1.29, 1.82) is 0 Å². The summed E-state index contributed by atoms with van der Waals surface area (Å²) in [5, 5.41) is 14.7. The fourth-order valence-electron chi connectivity index (χ4n) is 10.1. The molecule has 17 nitrogen and oxygen atoms in total. The topological polar surface area (TPSA) is 175 Å². The third-order valence-corrected chi connectivity index (χ3v) is 13.4. The number of fused-ring (bicyclic) bond motifs is 4. The van der Waals surface area contributed by atoms with Crippen LogP contribution in [0.2, 0.25) is 0 Å². The Labute approximate surface area is 352 Å². The standard InChI is InChI=1S/C44H51N11O6/c1-27-35(46-42(57)34-22-45-53-19-16-38(47-41(34)53)52-24-33-21-31(52)26-61-33)25-54(49-27)30-10-8-28(9-11-30)23-51-17-14-32(15-18-51)60-20-4-6-29-5-3-7-36-40(29)50(2)44(59)55(36)37-12-13-39(56)48-43(37)58/h3,5,7,16,19,22,25,28,30-33,37H,8-15,17-18,20-21,23-24,26H2,1-2H3,(H,46,57)(H,48,56,58)/t28?,30?,31-,33-,37?/m1/s1. The van der Waals surface area contributed by atoms with Crippen molar-refractivity contribution in [1.82, 2.24) is 43.7 Å². The monoisotopic (exact) mass is 829 g/mol. The smallest absolute Gasteiger partial charge is 0.329 e. The van der Waals surface area contributed by atoms with Gasteiger partial charge in [0.2, 0.25) is 11.8 Å². The van der Waals surface area contributed by atoms with E-state index in [1.54, 1.807) is 17.8 Å². The molecule has 1 unspecified atom stereocenters. The van der Waals surface area contributed by atoms with Crippen molar-refractivity contribution in [2.75, 3.05) is 49.6 Å². The van der Waals surface area contributed by atoms with Gasteiger partial charge in [0.25, 0.3) is 5.91 Å². The highest BCUT2D eigenvalue weighted by Gasteiger charge is 2.40. The predicted octanol–water partition coefficient (Wildman–Crippen LogP) is 3.36. The minimum atomic E-state index is -0.737. The van der Waals surface area contributed by atoms with Crippen LogP contribution in [-0.4, -0.2) is 114 Å². The van der Waals surface area contributed by atoms with Crippen molar-refractivity contribution >= 4 is 45.9 Å². The van der Waals surface area contributed by atoms with Gasteiger partial charge in [0, 0.05) is 52.0 Å². The van der Waals surface area contributed by atoms with Crippen LogP contribution in [0.5, 0.6) is 0 Å². The Morgan fingerprint density at radius 3 is 2.66 bits per heavy atom. The molecule has 5 aromatic rings. The van der Waals surface area contributed by atoms with Crippen molar-refractivity contribution in [2.24, 2.45) is 13.0 Å². The van der Waals surface area contributed by atoms with Crippen LogP contribution < -0.4 is 21.2 Å². The lowest BCUT2D eigenvalue weighted by atomic mass is 9.85. The van der Waals surface area contributed by atoms with Gasteiger partial charge in [-0.15, -0.1) is 0 Å². The molecule has 1 aromatic carbocycles. The molecule has 8 heterocycles. The van der Waals surface area contributed by atoms with E-state index in [-0.39, 0.29) is 42.6 Å².